The van der Waals surface area contributed by atoms with Gasteiger partial charge in [0.05, 0.1) is 18.0 Å². The minimum absolute atomic E-state index is 0.0809. The lowest BCUT2D eigenvalue weighted by molar-refractivity contribution is -0.140. The smallest absolute Gasteiger partial charge is 0.309 e. The molecule has 1 saturated heterocycles. The molecule has 166 valence electrons. The number of nitrogens with one attached hydrogen (secondary N) is 2. The number of benzene rings is 2. The number of rotatable bonds is 7. The summed E-state index contributed by atoms with van der Waals surface area (Å²) in [6, 6.07) is 15.4. The molecule has 1 aliphatic heterocycles. The molecule has 1 fully saturated rings. The molecule has 2 N–H and O–H groups in total. The van der Waals surface area contributed by atoms with Crippen LogP contribution < -0.4 is 10.6 Å². The molecule has 2 amide bonds. The van der Waals surface area contributed by atoms with Gasteiger partial charge < -0.3 is 15.4 Å². The molecule has 0 bridgehead atoms. The van der Waals surface area contributed by atoms with Gasteiger partial charge in [-0.1, -0.05) is 41.9 Å². The summed E-state index contributed by atoms with van der Waals surface area (Å²) in [6.45, 7) is 0.774. The van der Waals surface area contributed by atoms with Crippen molar-refractivity contribution in [2.24, 2.45) is 0 Å². The lowest BCUT2D eigenvalue weighted by Gasteiger charge is -2.34. The first kappa shape index (κ1) is 23.2. The Kier molecular flexibility index (Phi) is 8.03. The number of amides is 2. The number of sulfonamides is 1. The molecule has 0 aliphatic carbocycles. The first-order valence-electron chi connectivity index (χ1n) is 9.87. The number of nitrogens with zero attached hydrogens (tertiary/aromatic N) is 1. The fourth-order valence-electron chi connectivity index (χ4n) is 3.15. The molecule has 0 spiro atoms. The van der Waals surface area contributed by atoms with Crippen molar-refractivity contribution in [3.05, 3.63) is 65.2 Å². The molecule has 8 nitrogen and oxygen atoms in total. The van der Waals surface area contributed by atoms with Gasteiger partial charge in [-0.05, 0) is 42.7 Å². The van der Waals surface area contributed by atoms with Crippen molar-refractivity contribution in [1.29, 1.82) is 0 Å². The second-order valence-electron chi connectivity index (χ2n) is 6.95. The highest BCUT2D eigenvalue weighted by Gasteiger charge is 2.34. The quantitative estimate of drug-likeness (QED) is 0.604. The number of halogens is 1. The second kappa shape index (κ2) is 10.7. The van der Waals surface area contributed by atoms with E-state index in [1.807, 2.05) is 30.3 Å². The van der Waals surface area contributed by atoms with Crippen LogP contribution in [-0.4, -0.2) is 57.0 Å². The zero-order chi connectivity index (χ0) is 22.3. The van der Waals surface area contributed by atoms with E-state index in [2.05, 4.69) is 10.6 Å². The number of hydrogen-bond donors (Lipinski definition) is 2. The summed E-state index contributed by atoms with van der Waals surface area (Å²) in [5, 5.41) is 5.44. The van der Waals surface area contributed by atoms with Crippen LogP contribution in [0, 0.1) is 0 Å². The van der Waals surface area contributed by atoms with Crippen LogP contribution in [0.1, 0.15) is 12.0 Å². The highest BCUT2D eigenvalue weighted by molar-refractivity contribution is 7.89. The first-order valence-corrected chi connectivity index (χ1v) is 11.7. The molecule has 3 rings (SSSR count). The van der Waals surface area contributed by atoms with Crippen molar-refractivity contribution < 1.29 is 22.7 Å². The average molecular weight is 466 g/mol. The van der Waals surface area contributed by atoms with E-state index in [-0.39, 0.29) is 18.0 Å². The molecule has 2 aromatic rings. The van der Waals surface area contributed by atoms with Gasteiger partial charge >= 0.3 is 11.8 Å². The van der Waals surface area contributed by atoms with Crippen molar-refractivity contribution in [3.63, 3.8) is 0 Å². The summed E-state index contributed by atoms with van der Waals surface area (Å²) >= 11 is 5.84. The van der Waals surface area contributed by atoms with Crippen LogP contribution in [-0.2, 0) is 30.8 Å². The minimum Gasteiger partial charge on any atom is -0.360 e. The molecular weight excluding hydrogens is 442 g/mol. The largest absolute Gasteiger partial charge is 0.360 e. The monoisotopic (exact) mass is 465 g/mol. The first-order chi connectivity index (χ1) is 14.9. The van der Waals surface area contributed by atoms with Gasteiger partial charge in [0, 0.05) is 18.1 Å². The number of ether oxygens (including phenoxy) is 1. The zero-order valence-electron chi connectivity index (χ0n) is 16.8. The van der Waals surface area contributed by atoms with Crippen molar-refractivity contribution in [1.82, 2.24) is 14.9 Å². The van der Waals surface area contributed by atoms with Crippen LogP contribution in [0.3, 0.4) is 0 Å². The van der Waals surface area contributed by atoms with E-state index in [4.69, 9.17) is 16.3 Å². The molecule has 1 aliphatic rings. The van der Waals surface area contributed by atoms with Gasteiger partial charge in [0.25, 0.3) is 0 Å². The summed E-state index contributed by atoms with van der Waals surface area (Å²) in [5.41, 5.74) is 1.04. The summed E-state index contributed by atoms with van der Waals surface area (Å²) in [7, 11) is -3.84. The number of hydrogen-bond acceptors (Lipinski definition) is 5. The van der Waals surface area contributed by atoms with Crippen LogP contribution >= 0.6 is 11.6 Å². The van der Waals surface area contributed by atoms with Gasteiger partial charge in [-0.2, -0.15) is 4.31 Å². The highest BCUT2D eigenvalue weighted by Crippen LogP contribution is 2.23. The SMILES string of the molecule is O=C(NCCc1ccccc1)C(=O)NCC1OCCCN1S(=O)(=O)c1ccc(Cl)cc1. The minimum atomic E-state index is -3.84. The lowest BCUT2D eigenvalue weighted by Crippen LogP contribution is -2.53. The predicted molar refractivity (Wildman–Crippen MR) is 116 cm³/mol. The van der Waals surface area contributed by atoms with Gasteiger partial charge in [0.2, 0.25) is 10.0 Å². The van der Waals surface area contributed by atoms with Crippen LogP contribution in [0.5, 0.6) is 0 Å². The Morgan fingerprint density at radius 2 is 1.71 bits per heavy atom. The Labute approximate surface area is 186 Å². The number of carbonyl (C=O) groups is 2. The maximum Gasteiger partial charge on any atom is 0.309 e. The van der Waals surface area contributed by atoms with Gasteiger partial charge in [-0.3, -0.25) is 9.59 Å². The maximum absolute atomic E-state index is 13.0. The van der Waals surface area contributed by atoms with E-state index < -0.39 is 28.1 Å². The molecule has 10 heteroatoms. The third kappa shape index (κ3) is 6.27. The summed E-state index contributed by atoms with van der Waals surface area (Å²) in [6.07, 6.45) is 0.214. The standard InChI is InChI=1S/C21H24ClN3O5S/c22-17-7-9-18(10-8-17)31(28,29)25-13-4-14-30-19(25)15-24-21(27)20(26)23-12-11-16-5-2-1-3-6-16/h1-3,5-10,19H,4,11-15H2,(H,23,26)(H,24,27). The summed E-state index contributed by atoms with van der Waals surface area (Å²) in [5.74, 6) is -1.62. The Morgan fingerprint density at radius 3 is 2.42 bits per heavy atom. The Bertz CT molecular complexity index is 999. The fraction of sp³-hybridized carbons (Fsp3) is 0.333. The Hall–Kier alpha value is -2.46. The molecule has 0 saturated carbocycles. The topological polar surface area (TPSA) is 105 Å². The van der Waals surface area contributed by atoms with Crippen molar-refractivity contribution in [2.45, 2.75) is 24.0 Å². The van der Waals surface area contributed by atoms with Crippen molar-refractivity contribution >= 4 is 33.4 Å². The lowest BCUT2D eigenvalue weighted by atomic mass is 10.1. The molecule has 2 aromatic carbocycles. The summed E-state index contributed by atoms with van der Waals surface area (Å²) < 4.78 is 32.7. The molecule has 1 heterocycles. The second-order valence-corrected chi connectivity index (χ2v) is 9.28. The van der Waals surface area contributed by atoms with Crippen LogP contribution in [0.2, 0.25) is 5.02 Å². The average Bonchev–Trinajstić information content (AvgIpc) is 2.78. The van der Waals surface area contributed by atoms with Gasteiger partial charge in [-0.15, -0.1) is 0 Å². The third-order valence-electron chi connectivity index (χ3n) is 4.76. The van der Waals surface area contributed by atoms with E-state index in [9.17, 15) is 18.0 Å². The van der Waals surface area contributed by atoms with E-state index in [1.54, 1.807) is 0 Å². The molecular formula is C21H24ClN3O5S. The molecule has 0 radical (unpaired) electrons. The summed E-state index contributed by atoms with van der Waals surface area (Å²) in [4.78, 5) is 24.2. The predicted octanol–water partition coefficient (Wildman–Crippen LogP) is 1.55. The molecule has 0 aromatic heterocycles. The third-order valence-corrected chi connectivity index (χ3v) is 6.92. The van der Waals surface area contributed by atoms with Crippen molar-refractivity contribution in [3.8, 4) is 0 Å². The highest BCUT2D eigenvalue weighted by atomic mass is 35.5. The van der Waals surface area contributed by atoms with Crippen molar-refractivity contribution in [2.75, 3.05) is 26.2 Å². The normalized spacial score (nSPS) is 17.1. The Balaban J connectivity index is 1.54. The zero-order valence-corrected chi connectivity index (χ0v) is 18.4. The van der Waals surface area contributed by atoms with E-state index in [0.717, 1.165) is 5.56 Å². The van der Waals surface area contributed by atoms with Gasteiger partial charge in [-0.25, -0.2) is 8.42 Å². The van der Waals surface area contributed by atoms with Gasteiger partial charge in [0.15, 0.2) is 0 Å². The molecule has 31 heavy (non-hydrogen) atoms. The van der Waals surface area contributed by atoms with Gasteiger partial charge in [0.1, 0.15) is 6.23 Å². The Morgan fingerprint density at radius 1 is 1.03 bits per heavy atom. The van der Waals surface area contributed by atoms with E-state index >= 15 is 0 Å². The molecule has 1 unspecified atom stereocenters. The molecule has 1 atom stereocenters. The van der Waals surface area contributed by atoms with Crippen LogP contribution in [0.25, 0.3) is 0 Å². The van der Waals surface area contributed by atoms with E-state index in [1.165, 1.54) is 28.6 Å². The van der Waals surface area contributed by atoms with E-state index in [0.29, 0.717) is 31.0 Å². The fourth-order valence-corrected chi connectivity index (χ4v) is 4.84. The van der Waals surface area contributed by atoms with Crippen LogP contribution in [0.15, 0.2) is 59.5 Å². The van der Waals surface area contributed by atoms with Crippen LogP contribution in [0.4, 0.5) is 0 Å². The number of carbonyl (C=O) groups excluding carboxylic acids is 2. The maximum atomic E-state index is 13.0.